The third kappa shape index (κ3) is 4.41. The van der Waals surface area contributed by atoms with Crippen molar-refractivity contribution in [2.45, 2.75) is 19.8 Å². The van der Waals surface area contributed by atoms with E-state index in [4.69, 9.17) is 4.74 Å². The van der Waals surface area contributed by atoms with Gasteiger partial charge >= 0.3 is 0 Å². The van der Waals surface area contributed by atoms with Crippen molar-refractivity contribution in [3.63, 3.8) is 0 Å². The van der Waals surface area contributed by atoms with Crippen LogP contribution >= 0.6 is 0 Å². The number of hydrogen-bond acceptors (Lipinski definition) is 3. The van der Waals surface area contributed by atoms with E-state index in [9.17, 15) is 9.59 Å². The number of rotatable bonds is 5. The number of aryl methyl sites for hydroxylation is 1. The van der Waals surface area contributed by atoms with Crippen LogP contribution in [0.2, 0.25) is 0 Å². The fourth-order valence-corrected chi connectivity index (χ4v) is 1.35. The van der Waals surface area contributed by atoms with E-state index in [-0.39, 0.29) is 12.3 Å². The predicted octanol–water partition coefficient (Wildman–Crippen LogP) is 1.85. The number of carbonyl (C=O) groups excluding carboxylic acids is 2. The fourth-order valence-electron chi connectivity index (χ4n) is 1.35. The Morgan fingerprint density at radius 1 is 1.28 bits per heavy atom. The van der Waals surface area contributed by atoms with Crippen LogP contribution in [0.3, 0.4) is 0 Å². The molecule has 0 atom stereocenters. The van der Waals surface area contributed by atoms with E-state index < -0.39 is 5.91 Å². The zero-order valence-corrected chi connectivity index (χ0v) is 10.7. The van der Waals surface area contributed by atoms with Crippen LogP contribution < -0.4 is 10.1 Å². The molecule has 1 rings (SSSR count). The van der Waals surface area contributed by atoms with Crippen molar-refractivity contribution in [2.24, 2.45) is 0 Å². The summed E-state index contributed by atoms with van der Waals surface area (Å²) in [5.74, 6) is 0.0641. The van der Waals surface area contributed by atoms with Crippen molar-refractivity contribution in [1.29, 1.82) is 0 Å². The molecule has 0 fully saturated rings. The molecular formula is C14H17NO3. The van der Waals surface area contributed by atoms with Gasteiger partial charge in [-0.15, -0.1) is 0 Å². The Morgan fingerprint density at radius 3 is 2.39 bits per heavy atom. The summed E-state index contributed by atoms with van der Waals surface area (Å²) in [6.07, 6.45) is 0.852. The first-order chi connectivity index (χ1) is 8.52. The molecule has 0 aromatic heterocycles. The summed E-state index contributed by atoms with van der Waals surface area (Å²) in [5.41, 5.74) is 1.35. The second kappa shape index (κ2) is 6.59. The van der Waals surface area contributed by atoms with E-state index in [1.54, 1.807) is 14.0 Å². The minimum absolute atomic E-state index is 0.269. The number of amides is 2. The second-order valence-electron chi connectivity index (χ2n) is 4.01. The molecule has 0 aliphatic heterocycles. The van der Waals surface area contributed by atoms with Gasteiger partial charge in [-0.05, 0) is 31.0 Å². The summed E-state index contributed by atoms with van der Waals surface area (Å²) in [6.45, 7) is 5.03. The molecule has 0 bridgehead atoms. The monoisotopic (exact) mass is 247 g/mol. The van der Waals surface area contributed by atoms with Crippen LogP contribution in [0.5, 0.6) is 5.75 Å². The number of benzene rings is 1. The van der Waals surface area contributed by atoms with Crippen molar-refractivity contribution in [1.82, 2.24) is 5.32 Å². The van der Waals surface area contributed by atoms with Crippen molar-refractivity contribution in [3.05, 3.63) is 42.0 Å². The molecule has 4 nitrogen and oxygen atoms in total. The van der Waals surface area contributed by atoms with E-state index in [0.717, 1.165) is 11.3 Å². The summed E-state index contributed by atoms with van der Waals surface area (Å²) in [6, 6.07) is 7.47. The SMILES string of the molecule is C=C(C)C(=O)NC(=O)CCc1ccc(OC)cc1. The first-order valence-electron chi connectivity index (χ1n) is 5.65. The van der Waals surface area contributed by atoms with Gasteiger partial charge < -0.3 is 4.74 Å². The largest absolute Gasteiger partial charge is 0.497 e. The van der Waals surface area contributed by atoms with Crippen molar-refractivity contribution in [3.8, 4) is 5.75 Å². The Morgan fingerprint density at radius 2 is 1.89 bits per heavy atom. The third-order valence-corrected chi connectivity index (χ3v) is 2.44. The van der Waals surface area contributed by atoms with Gasteiger partial charge in [0.15, 0.2) is 0 Å². The molecule has 18 heavy (non-hydrogen) atoms. The topological polar surface area (TPSA) is 55.4 Å². The first-order valence-corrected chi connectivity index (χ1v) is 5.65. The smallest absolute Gasteiger partial charge is 0.252 e. The lowest BCUT2D eigenvalue weighted by atomic mass is 10.1. The van der Waals surface area contributed by atoms with Crippen LogP contribution in [-0.4, -0.2) is 18.9 Å². The molecule has 4 heteroatoms. The Labute approximate surface area is 107 Å². The third-order valence-electron chi connectivity index (χ3n) is 2.44. The lowest BCUT2D eigenvalue weighted by Gasteiger charge is -2.04. The number of hydrogen-bond donors (Lipinski definition) is 1. The van der Waals surface area contributed by atoms with Gasteiger partial charge in [-0.25, -0.2) is 0 Å². The molecule has 0 unspecified atom stereocenters. The highest BCUT2D eigenvalue weighted by Gasteiger charge is 2.08. The van der Waals surface area contributed by atoms with Gasteiger partial charge in [-0.2, -0.15) is 0 Å². The predicted molar refractivity (Wildman–Crippen MR) is 69.3 cm³/mol. The lowest BCUT2D eigenvalue weighted by Crippen LogP contribution is -2.30. The van der Waals surface area contributed by atoms with E-state index in [0.29, 0.717) is 12.0 Å². The van der Waals surface area contributed by atoms with E-state index in [2.05, 4.69) is 11.9 Å². The standard InChI is InChI=1S/C14H17NO3/c1-10(2)14(17)15-13(16)9-6-11-4-7-12(18-3)8-5-11/h4-5,7-8H,1,6,9H2,2-3H3,(H,15,16,17). The van der Waals surface area contributed by atoms with Gasteiger partial charge in [0.25, 0.3) is 5.91 Å². The number of imide groups is 1. The zero-order chi connectivity index (χ0) is 13.5. The average molecular weight is 247 g/mol. The lowest BCUT2D eigenvalue weighted by molar-refractivity contribution is -0.128. The fraction of sp³-hybridized carbons (Fsp3) is 0.286. The molecule has 0 spiro atoms. The summed E-state index contributed by atoms with van der Waals surface area (Å²) in [5, 5.41) is 2.27. The summed E-state index contributed by atoms with van der Waals surface area (Å²) in [7, 11) is 1.60. The Bertz CT molecular complexity index is 449. The molecular weight excluding hydrogens is 230 g/mol. The molecule has 1 aromatic rings. The number of nitrogens with one attached hydrogen (secondary N) is 1. The maximum absolute atomic E-state index is 11.5. The molecule has 0 saturated heterocycles. The Hall–Kier alpha value is -2.10. The molecule has 0 aliphatic rings. The van der Waals surface area contributed by atoms with Crippen LogP contribution in [0.1, 0.15) is 18.9 Å². The van der Waals surface area contributed by atoms with Gasteiger partial charge in [0.2, 0.25) is 5.91 Å². The van der Waals surface area contributed by atoms with Gasteiger partial charge in [-0.3, -0.25) is 14.9 Å². The Balaban J connectivity index is 2.42. The van der Waals surface area contributed by atoms with Crippen molar-refractivity contribution in [2.75, 3.05) is 7.11 Å². The van der Waals surface area contributed by atoms with Crippen molar-refractivity contribution >= 4 is 11.8 Å². The quantitative estimate of drug-likeness (QED) is 0.808. The van der Waals surface area contributed by atoms with Crippen molar-refractivity contribution < 1.29 is 14.3 Å². The maximum atomic E-state index is 11.5. The van der Waals surface area contributed by atoms with Crippen LogP contribution in [0.4, 0.5) is 0 Å². The molecule has 1 aromatic carbocycles. The highest BCUT2D eigenvalue weighted by Crippen LogP contribution is 2.12. The van der Waals surface area contributed by atoms with Gasteiger partial charge in [-0.1, -0.05) is 18.7 Å². The minimum atomic E-state index is -0.422. The van der Waals surface area contributed by atoms with Gasteiger partial charge in [0.1, 0.15) is 5.75 Å². The molecule has 0 saturated carbocycles. The second-order valence-corrected chi connectivity index (χ2v) is 4.01. The summed E-state index contributed by atoms with van der Waals surface area (Å²) >= 11 is 0. The molecule has 0 heterocycles. The van der Waals surface area contributed by atoms with Crippen LogP contribution in [-0.2, 0) is 16.0 Å². The van der Waals surface area contributed by atoms with E-state index in [1.807, 2.05) is 24.3 Å². The van der Waals surface area contributed by atoms with Crippen LogP contribution in [0.15, 0.2) is 36.4 Å². The summed E-state index contributed by atoms with van der Waals surface area (Å²) in [4.78, 5) is 22.7. The molecule has 0 aliphatic carbocycles. The molecule has 0 radical (unpaired) electrons. The minimum Gasteiger partial charge on any atom is -0.497 e. The normalized spacial score (nSPS) is 9.67. The molecule has 2 amide bonds. The highest BCUT2D eigenvalue weighted by atomic mass is 16.5. The highest BCUT2D eigenvalue weighted by molar-refractivity contribution is 6.03. The average Bonchev–Trinajstić information content (AvgIpc) is 2.36. The van der Waals surface area contributed by atoms with Gasteiger partial charge in [0.05, 0.1) is 7.11 Å². The van der Waals surface area contributed by atoms with E-state index >= 15 is 0 Å². The zero-order valence-electron chi connectivity index (χ0n) is 10.7. The maximum Gasteiger partial charge on any atom is 0.252 e. The first kappa shape index (κ1) is 14.0. The van der Waals surface area contributed by atoms with E-state index in [1.165, 1.54) is 0 Å². The number of methoxy groups -OCH3 is 1. The number of ether oxygens (including phenoxy) is 1. The van der Waals surface area contributed by atoms with Crippen LogP contribution in [0, 0.1) is 0 Å². The molecule has 96 valence electrons. The Kier molecular flexibility index (Phi) is 5.11. The van der Waals surface area contributed by atoms with Gasteiger partial charge in [0, 0.05) is 12.0 Å². The van der Waals surface area contributed by atoms with Crippen LogP contribution in [0.25, 0.3) is 0 Å². The molecule has 1 N–H and O–H groups in total. The number of carbonyl (C=O) groups is 2. The summed E-state index contributed by atoms with van der Waals surface area (Å²) < 4.78 is 5.04.